The summed E-state index contributed by atoms with van der Waals surface area (Å²) in [6.45, 7) is 1.25. The molecule has 1 aromatic rings. The molecule has 0 radical (unpaired) electrons. The minimum absolute atomic E-state index is 0. The Balaban J connectivity index is 0.00000312. The Labute approximate surface area is 153 Å². The number of hydrogen-bond donors (Lipinski definition) is 3. The van der Waals surface area contributed by atoms with Crippen LogP contribution in [0.5, 0.6) is 5.75 Å². The van der Waals surface area contributed by atoms with Crippen LogP contribution < -0.4 is 20.5 Å². The van der Waals surface area contributed by atoms with Crippen LogP contribution in [0.1, 0.15) is 12.8 Å². The summed E-state index contributed by atoms with van der Waals surface area (Å²) in [7, 11) is -2.00. The molecule has 0 spiro atoms. The number of nitrogens with one attached hydrogen (secondary N) is 2. The van der Waals surface area contributed by atoms with E-state index < -0.39 is 15.4 Å². The number of benzene rings is 1. The summed E-state index contributed by atoms with van der Waals surface area (Å²) in [6.07, 6.45) is 2.19. The lowest BCUT2D eigenvalue weighted by atomic mass is 9.79. The van der Waals surface area contributed by atoms with E-state index in [1.54, 1.807) is 12.1 Å². The lowest BCUT2D eigenvalue weighted by Gasteiger charge is -2.34. The van der Waals surface area contributed by atoms with Gasteiger partial charge in [-0.15, -0.1) is 12.4 Å². The molecule has 2 rings (SSSR count). The van der Waals surface area contributed by atoms with Crippen LogP contribution in [0.4, 0.5) is 11.4 Å². The summed E-state index contributed by atoms with van der Waals surface area (Å²) in [6, 6.07) is 4.71. The maximum Gasteiger partial charge on any atom is 0.232 e. The van der Waals surface area contributed by atoms with Gasteiger partial charge in [-0.2, -0.15) is 0 Å². The number of sulfonamides is 1. The first-order valence-corrected chi connectivity index (χ1v) is 9.44. The van der Waals surface area contributed by atoms with Gasteiger partial charge in [0.25, 0.3) is 0 Å². The summed E-state index contributed by atoms with van der Waals surface area (Å²) in [5, 5.41) is 2.84. The van der Waals surface area contributed by atoms with Gasteiger partial charge in [0, 0.05) is 31.5 Å². The molecule has 0 unspecified atom stereocenters. The van der Waals surface area contributed by atoms with Crippen LogP contribution in [0.2, 0.25) is 0 Å². The summed E-state index contributed by atoms with van der Waals surface area (Å²) < 4.78 is 35.6. The highest BCUT2D eigenvalue weighted by molar-refractivity contribution is 7.92. The van der Waals surface area contributed by atoms with Crippen LogP contribution in [0, 0.1) is 5.41 Å². The topological polar surface area (TPSA) is 120 Å². The van der Waals surface area contributed by atoms with Crippen LogP contribution in [0.3, 0.4) is 0 Å². The number of halogens is 1. The highest BCUT2D eigenvalue weighted by Crippen LogP contribution is 2.33. The average molecular weight is 394 g/mol. The first kappa shape index (κ1) is 21.5. The van der Waals surface area contributed by atoms with Crippen molar-refractivity contribution < 1.29 is 22.7 Å². The second-order valence-electron chi connectivity index (χ2n) is 5.84. The van der Waals surface area contributed by atoms with E-state index in [1.165, 1.54) is 13.2 Å². The van der Waals surface area contributed by atoms with Gasteiger partial charge in [0.15, 0.2) is 0 Å². The third kappa shape index (κ3) is 5.46. The number of methoxy groups -OCH3 is 1. The largest absolute Gasteiger partial charge is 0.494 e. The maximum atomic E-state index is 12.6. The van der Waals surface area contributed by atoms with E-state index in [-0.39, 0.29) is 24.9 Å². The molecule has 1 heterocycles. The zero-order valence-electron chi connectivity index (χ0n) is 14.2. The Hall–Kier alpha value is -1.55. The summed E-state index contributed by atoms with van der Waals surface area (Å²) in [5.74, 6) is 0.145. The quantitative estimate of drug-likeness (QED) is 0.667. The van der Waals surface area contributed by atoms with Crippen molar-refractivity contribution in [2.45, 2.75) is 12.8 Å². The van der Waals surface area contributed by atoms with Gasteiger partial charge >= 0.3 is 0 Å². The molecule has 1 saturated heterocycles. The van der Waals surface area contributed by atoms with Crippen LogP contribution in [0.15, 0.2) is 18.2 Å². The van der Waals surface area contributed by atoms with Crippen LogP contribution >= 0.6 is 12.4 Å². The summed E-state index contributed by atoms with van der Waals surface area (Å²) in [5.41, 5.74) is 5.99. The number of hydrogen-bond acceptors (Lipinski definition) is 6. The van der Waals surface area contributed by atoms with E-state index >= 15 is 0 Å². The Kier molecular flexibility index (Phi) is 7.48. The Morgan fingerprint density at radius 2 is 2.00 bits per heavy atom. The zero-order valence-corrected chi connectivity index (χ0v) is 15.8. The molecule has 0 bridgehead atoms. The predicted molar refractivity (Wildman–Crippen MR) is 98.9 cm³/mol. The number of nitrogens with two attached hydrogens (primary N) is 1. The van der Waals surface area contributed by atoms with E-state index in [0.717, 1.165) is 6.26 Å². The second-order valence-corrected chi connectivity index (χ2v) is 7.59. The first-order valence-electron chi connectivity index (χ1n) is 7.55. The van der Waals surface area contributed by atoms with Gasteiger partial charge in [-0.05, 0) is 25.0 Å². The van der Waals surface area contributed by atoms with E-state index in [4.69, 9.17) is 15.2 Å². The number of rotatable bonds is 6. The molecule has 4 N–H and O–H groups in total. The molecule has 1 fully saturated rings. The second kappa shape index (κ2) is 8.70. The molecule has 142 valence electrons. The van der Waals surface area contributed by atoms with Crippen molar-refractivity contribution in [3.63, 3.8) is 0 Å². The number of carbonyl (C=O) groups excluding carboxylic acids is 1. The summed E-state index contributed by atoms with van der Waals surface area (Å²) in [4.78, 5) is 12.6. The summed E-state index contributed by atoms with van der Waals surface area (Å²) >= 11 is 0. The molecule has 0 atom stereocenters. The third-order valence-corrected chi connectivity index (χ3v) is 4.67. The van der Waals surface area contributed by atoms with Gasteiger partial charge in [0.2, 0.25) is 15.9 Å². The van der Waals surface area contributed by atoms with Gasteiger partial charge in [-0.3, -0.25) is 9.52 Å². The smallest absolute Gasteiger partial charge is 0.232 e. The number of anilines is 2. The SMILES string of the molecule is COc1cc(NC(=O)C2(CN)CCOCC2)ccc1NS(C)(=O)=O.Cl. The van der Waals surface area contributed by atoms with E-state index in [1.807, 2.05) is 0 Å². The van der Waals surface area contributed by atoms with Crippen molar-refractivity contribution in [1.82, 2.24) is 0 Å². The standard InChI is InChI=1S/C15H23N3O5S.ClH/c1-22-13-9-11(3-4-12(13)18-24(2,20)21)17-14(19)15(10-16)5-7-23-8-6-15;/h3-4,9,18H,5-8,10,16H2,1-2H3,(H,17,19);1H. The minimum atomic E-state index is -3.42. The normalized spacial score (nSPS) is 16.4. The fraction of sp³-hybridized carbons (Fsp3) is 0.533. The Morgan fingerprint density at radius 1 is 1.36 bits per heavy atom. The van der Waals surface area contributed by atoms with Crippen molar-refractivity contribution in [3.05, 3.63) is 18.2 Å². The van der Waals surface area contributed by atoms with E-state index in [0.29, 0.717) is 43.2 Å². The fourth-order valence-electron chi connectivity index (χ4n) is 2.60. The Bertz CT molecular complexity index is 705. The van der Waals surface area contributed by atoms with Gasteiger partial charge in [-0.1, -0.05) is 0 Å². The van der Waals surface area contributed by atoms with Crippen LogP contribution in [0.25, 0.3) is 0 Å². The highest BCUT2D eigenvalue weighted by atomic mass is 35.5. The molecular formula is C15H24ClN3O5S. The van der Waals surface area contributed by atoms with Crippen molar-refractivity contribution >= 4 is 39.7 Å². The van der Waals surface area contributed by atoms with Crippen LogP contribution in [-0.4, -0.2) is 47.4 Å². The van der Waals surface area contributed by atoms with Gasteiger partial charge < -0.3 is 20.5 Å². The molecule has 0 aromatic heterocycles. The monoisotopic (exact) mass is 393 g/mol. The molecule has 1 aromatic carbocycles. The molecule has 10 heteroatoms. The molecule has 1 amide bonds. The van der Waals surface area contributed by atoms with Gasteiger partial charge in [0.1, 0.15) is 5.75 Å². The molecule has 0 aliphatic carbocycles. The van der Waals surface area contributed by atoms with Gasteiger partial charge in [-0.25, -0.2) is 8.42 Å². The fourth-order valence-corrected chi connectivity index (χ4v) is 3.17. The number of carbonyl (C=O) groups is 1. The molecule has 0 saturated carbocycles. The molecular weight excluding hydrogens is 370 g/mol. The lowest BCUT2D eigenvalue weighted by Crippen LogP contribution is -2.46. The third-order valence-electron chi connectivity index (χ3n) is 4.08. The number of ether oxygens (including phenoxy) is 2. The van der Waals surface area contributed by atoms with Crippen molar-refractivity contribution in [2.75, 3.05) is 43.2 Å². The van der Waals surface area contributed by atoms with Gasteiger partial charge in [0.05, 0.1) is 24.5 Å². The highest BCUT2D eigenvalue weighted by Gasteiger charge is 2.38. The van der Waals surface area contributed by atoms with Crippen molar-refractivity contribution in [2.24, 2.45) is 11.1 Å². The van der Waals surface area contributed by atoms with E-state index in [2.05, 4.69) is 10.0 Å². The van der Waals surface area contributed by atoms with Crippen molar-refractivity contribution in [1.29, 1.82) is 0 Å². The maximum absolute atomic E-state index is 12.6. The van der Waals surface area contributed by atoms with Crippen LogP contribution in [-0.2, 0) is 19.6 Å². The average Bonchev–Trinajstić information content (AvgIpc) is 2.55. The minimum Gasteiger partial charge on any atom is -0.494 e. The Morgan fingerprint density at radius 3 is 2.52 bits per heavy atom. The number of amides is 1. The molecule has 25 heavy (non-hydrogen) atoms. The lowest BCUT2D eigenvalue weighted by molar-refractivity contribution is -0.130. The predicted octanol–water partition coefficient (Wildman–Crippen LogP) is 1.18. The first-order chi connectivity index (χ1) is 11.3. The molecule has 1 aliphatic rings. The zero-order chi connectivity index (χ0) is 17.8. The van der Waals surface area contributed by atoms with E-state index in [9.17, 15) is 13.2 Å². The molecule has 8 nitrogen and oxygen atoms in total. The molecule has 1 aliphatic heterocycles. The van der Waals surface area contributed by atoms with Crippen molar-refractivity contribution in [3.8, 4) is 5.75 Å².